The summed E-state index contributed by atoms with van der Waals surface area (Å²) in [5, 5.41) is 8.60. The molecule has 0 aromatic carbocycles. The van der Waals surface area contributed by atoms with Gasteiger partial charge in [0.1, 0.15) is 0 Å². The van der Waals surface area contributed by atoms with Gasteiger partial charge in [-0.15, -0.1) is 0 Å². The molecule has 44 heavy (non-hydrogen) atoms. The maximum atomic E-state index is 11.9. The Labute approximate surface area is 276 Å². The summed E-state index contributed by atoms with van der Waals surface area (Å²) in [5.41, 5.74) is 0. The smallest absolute Gasteiger partial charge is 0.306 e. The van der Waals surface area contributed by atoms with Crippen molar-refractivity contribution in [1.82, 2.24) is 0 Å². The van der Waals surface area contributed by atoms with E-state index >= 15 is 0 Å². The van der Waals surface area contributed by atoms with E-state index in [0.29, 0.717) is 13.0 Å². The fraction of sp³-hybridized carbons (Fsp3) is 0.950. The molecule has 0 aromatic rings. The number of carbonyl (C=O) groups excluding carboxylic acids is 1. The van der Waals surface area contributed by atoms with E-state index in [1.807, 2.05) is 6.92 Å². The second-order valence-electron chi connectivity index (χ2n) is 13.4. The first-order chi connectivity index (χ1) is 21.5. The van der Waals surface area contributed by atoms with Crippen molar-refractivity contribution in [2.75, 3.05) is 6.61 Å². The summed E-state index contributed by atoms with van der Waals surface area (Å²) in [6.45, 7) is 9.21. The monoisotopic (exact) mass is 625 g/mol. The summed E-state index contributed by atoms with van der Waals surface area (Å²) in [4.78, 5) is 22.3. The Morgan fingerprint density at radius 2 is 0.773 bits per heavy atom. The largest absolute Gasteiger partial charge is 0.481 e. The van der Waals surface area contributed by atoms with E-state index in [2.05, 4.69) is 20.8 Å². The number of rotatable bonds is 34. The summed E-state index contributed by atoms with van der Waals surface area (Å²) in [6, 6.07) is 0. The van der Waals surface area contributed by atoms with Crippen LogP contribution in [0.4, 0.5) is 0 Å². The van der Waals surface area contributed by atoms with Crippen molar-refractivity contribution in [3.05, 3.63) is 0 Å². The Morgan fingerprint density at radius 3 is 1.09 bits per heavy atom. The van der Waals surface area contributed by atoms with Crippen LogP contribution in [0.1, 0.15) is 233 Å². The third kappa shape index (κ3) is 39.0. The summed E-state index contributed by atoms with van der Waals surface area (Å²) in [5.74, 6) is -0.728. The Bertz CT molecular complexity index is 562. The van der Waals surface area contributed by atoms with Gasteiger partial charge in [0.05, 0.1) is 12.5 Å². The Balaban J connectivity index is 0. The molecule has 4 heteroatoms. The molecule has 0 aliphatic carbocycles. The van der Waals surface area contributed by atoms with Gasteiger partial charge in [0.2, 0.25) is 0 Å². The molecule has 0 spiro atoms. The lowest BCUT2D eigenvalue weighted by Gasteiger charge is -2.06. The van der Waals surface area contributed by atoms with Crippen molar-refractivity contribution in [3.8, 4) is 0 Å². The third-order valence-corrected chi connectivity index (χ3v) is 8.99. The summed E-state index contributed by atoms with van der Waals surface area (Å²) < 4.78 is 5.42. The maximum Gasteiger partial charge on any atom is 0.306 e. The second kappa shape index (κ2) is 40.0. The van der Waals surface area contributed by atoms with Crippen LogP contribution >= 0.6 is 0 Å². The summed E-state index contributed by atoms with van der Waals surface area (Å²) in [6.07, 6.45) is 40.9. The van der Waals surface area contributed by atoms with E-state index < -0.39 is 5.97 Å². The van der Waals surface area contributed by atoms with Crippen molar-refractivity contribution in [2.24, 2.45) is 5.92 Å². The molecule has 1 unspecified atom stereocenters. The van der Waals surface area contributed by atoms with Gasteiger partial charge in [-0.2, -0.15) is 0 Å². The minimum absolute atomic E-state index is 0.0257. The van der Waals surface area contributed by atoms with Crippen molar-refractivity contribution in [2.45, 2.75) is 233 Å². The van der Waals surface area contributed by atoms with Crippen LogP contribution in [-0.4, -0.2) is 23.7 Å². The van der Waals surface area contributed by atoms with Gasteiger partial charge < -0.3 is 9.84 Å². The Kier molecular flexibility index (Phi) is 40.9. The van der Waals surface area contributed by atoms with E-state index in [0.717, 1.165) is 38.5 Å². The molecule has 0 saturated carbocycles. The molecule has 0 bridgehead atoms. The van der Waals surface area contributed by atoms with Gasteiger partial charge >= 0.3 is 11.9 Å². The number of hydrogen-bond donors (Lipinski definition) is 1. The van der Waals surface area contributed by atoms with E-state index in [1.165, 1.54) is 161 Å². The number of esters is 1. The van der Waals surface area contributed by atoms with Crippen molar-refractivity contribution >= 4 is 11.9 Å². The first kappa shape index (κ1) is 45.1. The second-order valence-corrected chi connectivity index (χ2v) is 13.4. The van der Waals surface area contributed by atoms with E-state index in [1.54, 1.807) is 0 Å². The molecule has 0 aliphatic heterocycles. The molecule has 0 fully saturated rings. The minimum atomic E-state index is -0.643. The van der Waals surface area contributed by atoms with Gasteiger partial charge in [0, 0.05) is 6.42 Å². The van der Waals surface area contributed by atoms with Gasteiger partial charge in [0.25, 0.3) is 0 Å². The molecule has 0 heterocycles. The van der Waals surface area contributed by atoms with Crippen LogP contribution in [0.3, 0.4) is 0 Å². The lowest BCUT2D eigenvalue weighted by atomic mass is 10.00. The SMILES string of the molecule is CCCCC(CC)C(=O)O.CCCCCCCCCCCCCCCCOC(=O)CCCCCCCCCCCCCCC. The zero-order valence-electron chi connectivity index (χ0n) is 30.6. The molecule has 0 rings (SSSR count). The van der Waals surface area contributed by atoms with Crippen molar-refractivity contribution in [3.63, 3.8) is 0 Å². The fourth-order valence-electron chi connectivity index (χ4n) is 5.79. The molecular weight excluding hydrogens is 544 g/mol. The lowest BCUT2D eigenvalue weighted by molar-refractivity contribution is -0.144. The molecule has 264 valence electrons. The van der Waals surface area contributed by atoms with E-state index in [-0.39, 0.29) is 11.9 Å². The van der Waals surface area contributed by atoms with Crippen LogP contribution in [0.15, 0.2) is 0 Å². The van der Waals surface area contributed by atoms with Crippen molar-refractivity contribution in [1.29, 1.82) is 0 Å². The van der Waals surface area contributed by atoms with E-state index in [9.17, 15) is 9.59 Å². The molecule has 0 saturated heterocycles. The number of carbonyl (C=O) groups is 2. The average molecular weight is 625 g/mol. The number of aliphatic carboxylic acids is 1. The van der Waals surface area contributed by atoms with Gasteiger partial charge in [-0.05, 0) is 25.7 Å². The first-order valence-electron chi connectivity index (χ1n) is 19.9. The number of carboxylic acids is 1. The van der Waals surface area contributed by atoms with Gasteiger partial charge in [-0.1, -0.05) is 201 Å². The van der Waals surface area contributed by atoms with Crippen LogP contribution in [0, 0.1) is 5.92 Å². The van der Waals surface area contributed by atoms with Crippen LogP contribution < -0.4 is 0 Å². The molecule has 0 aromatic heterocycles. The lowest BCUT2D eigenvalue weighted by Crippen LogP contribution is -2.11. The fourth-order valence-corrected chi connectivity index (χ4v) is 5.79. The Morgan fingerprint density at radius 1 is 0.455 bits per heavy atom. The predicted octanol–water partition coefficient (Wildman–Crippen LogP) is 13.8. The average Bonchev–Trinajstić information content (AvgIpc) is 3.02. The highest BCUT2D eigenvalue weighted by atomic mass is 16.5. The van der Waals surface area contributed by atoms with Crippen LogP contribution in [-0.2, 0) is 14.3 Å². The van der Waals surface area contributed by atoms with Gasteiger partial charge in [0.15, 0.2) is 0 Å². The molecule has 0 aliphatic rings. The standard InChI is InChI=1S/C32H64O2.C8H16O2/c1-3-5-7-9-11-13-15-17-19-21-23-25-27-29-31-34-32(33)30-28-26-24-22-20-18-16-14-12-10-8-6-4-2;1-3-5-6-7(4-2)8(9)10/h3-31H2,1-2H3;7H,3-6H2,1-2H3,(H,9,10). The van der Waals surface area contributed by atoms with Crippen LogP contribution in [0.5, 0.6) is 0 Å². The zero-order chi connectivity index (χ0) is 32.8. The molecule has 0 amide bonds. The summed E-state index contributed by atoms with van der Waals surface area (Å²) >= 11 is 0. The predicted molar refractivity (Wildman–Crippen MR) is 193 cm³/mol. The number of unbranched alkanes of at least 4 members (excludes halogenated alkanes) is 26. The molecule has 0 radical (unpaired) electrons. The molecule has 1 atom stereocenters. The number of hydrogen-bond acceptors (Lipinski definition) is 3. The van der Waals surface area contributed by atoms with E-state index in [4.69, 9.17) is 9.84 Å². The highest BCUT2D eigenvalue weighted by Crippen LogP contribution is 2.15. The molecular formula is C40H80O4. The topological polar surface area (TPSA) is 63.6 Å². The van der Waals surface area contributed by atoms with Gasteiger partial charge in [-0.3, -0.25) is 9.59 Å². The highest BCUT2D eigenvalue weighted by Gasteiger charge is 2.13. The normalized spacial score (nSPS) is 11.6. The van der Waals surface area contributed by atoms with Crippen LogP contribution in [0.25, 0.3) is 0 Å². The highest BCUT2D eigenvalue weighted by molar-refractivity contribution is 5.69. The molecule has 1 N–H and O–H groups in total. The van der Waals surface area contributed by atoms with Crippen molar-refractivity contribution < 1.29 is 19.4 Å². The number of carboxylic acid groups (broad SMARTS) is 1. The minimum Gasteiger partial charge on any atom is -0.481 e. The third-order valence-electron chi connectivity index (χ3n) is 8.99. The maximum absolute atomic E-state index is 11.9. The van der Waals surface area contributed by atoms with Crippen LogP contribution in [0.2, 0.25) is 0 Å². The molecule has 4 nitrogen and oxygen atoms in total. The quantitative estimate of drug-likeness (QED) is 0.0571. The van der Waals surface area contributed by atoms with Gasteiger partial charge in [-0.25, -0.2) is 0 Å². The summed E-state index contributed by atoms with van der Waals surface area (Å²) in [7, 11) is 0. The zero-order valence-corrected chi connectivity index (χ0v) is 30.6. The number of ether oxygens (including phenoxy) is 1. The first-order valence-corrected chi connectivity index (χ1v) is 19.9. The Hall–Kier alpha value is -1.06.